The number of halogens is 3. The van der Waals surface area contributed by atoms with Crippen LogP contribution in [0.5, 0.6) is 5.75 Å². The average molecular weight is 419 g/mol. The smallest absolute Gasteiger partial charge is 0.416 e. The number of furan rings is 1. The summed E-state index contributed by atoms with van der Waals surface area (Å²) in [6.07, 6.45) is -1.70. The van der Waals surface area contributed by atoms with Crippen LogP contribution in [-0.4, -0.2) is 10.9 Å². The van der Waals surface area contributed by atoms with Crippen LogP contribution in [0.15, 0.2) is 58.0 Å². The van der Waals surface area contributed by atoms with Gasteiger partial charge >= 0.3 is 6.18 Å². The lowest BCUT2D eigenvalue weighted by Crippen LogP contribution is -2.13. The van der Waals surface area contributed by atoms with Crippen LogP contribution in [0.25, 0.3) is 6.08 Å². The molecule has 1 N–H and O–H groups in total. The monoisotopic (exact) mass is 419 g/mol. The minimum atomic E-state index is -4.46. The van der Waals surface area contributed by atoms with E-state index in [4.69, 9.17) is 9.15 Å². The SMILES string of the molecule is N#C/C(=C/c1ccc(COc2cccc(C(F)(F)F)c2)o1)C(=O)Nc1nccs1. The van der Waals surface area contributed by atoms with E-state index in [1.54, 1.807) is 11.4 Å². The molecule has 1 amide bonds. The number of nitrogens with one attached hydrogen (secondary N) is 1. The molecular weight excluding hydrogens is 407 g/mol. The van der Waals surface area contributed by atoms with Crippen LogP contribution >= 0.6 is 11.3 Å². The minimum absolute atomic E-state index is 0.0360. The Labute approximate surface area is 166 Å². The molecule has 0 bridgehead atoms. The quantitative estimate of drug-likeness (QED) is 0.454. The predicted octanol–water partition coefficient (Wildman–Crippen LogP) is 4.88. The minimum Gasteiger partial charge on any atom is -0.486 e. The lowest BCUT2D eigenvalue weighted by molar-refractivity contribution is -0.137. The number of hydrogen-bond donors (Lipinski definition) is 1. The topological polar surface area (TPSA) is 88.1 Å². The van der Waals surface area contributed by atoms with E-state index in [9.17, 15) is 23.2 Å². The number of carbonyl (C=O) groups is 1. The summed E-state index contributed by atoms with van der Waals surface area (Å²) >= 11 is 1.21. The molecule has 0 fully saturated rings. The molecule has 0 unspecified atom stereocenters. The van der Waals surface area contributed by atoms with Gasteiger partial charge in [0.05, 0.1) is 5.56 Å². The molecule has 148 valence electrons. The highest BCUT2D eigenvalue weighted by atomic mass is 32.1. The van der Waals surface area contributed by atoms with Crippen molar-refractivity contribution >= 4 is 28.5 Å². The van der Waals surface area contributed by atoms with Gasteiger partial charge in [-0.2, -0.15) is 18.4 Å². The number of amides is 1. The molecule has 6 nitrogen and oxygen atoms in total. The fourth-order valence-corrected chi connectivity index (χ4v) is 2.73. The van der Waals surface area contributed by atoms with Gasteiger partial charge in [-0.05, 0) is 30.3 Å². The maximum atomic E-state index is 12.7. The molecule has 3 aromatic rings. The van der Waals surface area contributed by atoms with E-state index in [0.29, 0.717) is 10.9 Å². The summed E-state index contributed by atoms with van der Waals surface area (Å²) in [5.41, 5.74) is -1.01. The van der Waals surface area contributed by atoms with Crippen molar-refractivity contribution in [3.05, 3.63) is 70.6 Å². The Bertz CT molecular complexity index is 1070. The van der Waals surface area contributed by atoms with Crippen molar-refractivity contribution < 1.29 is 27.1 Å². The van der Waals surface area contributed by atoms with Crippen LogP contribution in [0, 0.1) is 11.3 Å². The molecule has 0 spiro atoms. The predicted molar refractivity (Wildman–Crippen MR) is 98.8 cm³/mol. The number of rotatable bonds is 6. The number of benzene rings is 1. The van der Waals surface area contributed by atoms with Crippen molar-refractivity contribution in [1.29, 1.82) is 5.26 Å². The van der Waals surface area contributed by atoms with Crippen molar-refractivity contribution in [2.24, 2.45) is 0 Å². The van der Waals surface area contributed by atoms with E-state index in [1.807, 2.05) is 0 Å². The Morgan fingerprint density at radius 2 is 2.17 bits per heavy atom. The summed E-state index contributed by atoms with van der Waals surface area (Å²) in [7, 11) is 0. The third-order valence-electron chi connectivity index (χ3n) is 3.53. The van der Waals surface area contributed by atoms with Crippen LogP contribution in [-0.2, 0) is 17.6 Å². The Morgan fingerprint density at radius 1 is 1.34 bits per heavy atom. The summed E-state index contributed by atoms with van der Waals surface area (Å²) in [6, 6.07) is 9.31. The highest BCUT2D eigenvalue weighted by Crippen LogP contribution is 2.31. The number of ether oxygens (including phenoxy) is 1. The van der Waals surface area contributed by atoms with Gasteiger partial charge in [-0.15, -0.1) is 11.3 Å². The molecule has 0 aliphatic carbocycles. The van der Waals surface area contributed by atoms with E-state index in [0.717, 1.165) is 12.1 Å². The number of nitrogens with zero attached hydrogens (tertiary/aromatic N) is 2. The van der Waals surface area contributed by atoms with Gasteiger partial charge in [0.15, 0.2) is 5.13 Å². The Hall–Kier alpha value is -3.58. The van der Waals surface area contributed by atoms with Crippen LogP contribution in [0.3, 0.4) is 0 Å². The van der Waals surface area contributed by atoms with Gasteiger partial charge in [0, 0.05) is 17.7 Å². The summed E-state index contributed by atoms with van der Waals surface area (Å²) in [4.78, 5) is 16.0. The zero-order chi connectivity index (χ0) is 20.9. The second-order valence-corrected chi connectivity index (χ2v) is 6.47. The lowest BCUT2D eigenvalue weighted by atomic mass is 10.2. The van der Waals surface area contributed by atoms with Crippen LogP contribution in [0.2, 0.25) is 0 Å². The first-order valence-corrected chi connectivity index (χ1v) is 8.94. The third-order valence-corrected chi connectivity index (χ3v) is 4.22. The molecule has 29 heavy (non-hydrogen) atoms. The van der Waals surface area contributed by atoms with Crippen LogP contribution in [0.4, 0.5) is 18.3 Å². The summed E-state index contributed by atoms with van der Waals surface area (Å²) < 4.78 is 49.0. The number of anilines is 1. The summed E-state index contributed by atoms with van der Waals surface area (Å²) in [6.45, 7) is -0.123. The molecule has 1 aromatic carbocycles. The van der Waals surface area contributed by atoms with E-state index in [2.05, 4.69) is 10.3 Å². The van der Waals surface area contributed by atoms with Crippen molar-refractivity contribution in [1.82, 2.24) is 4.98 Å². The second-order valence-electron chi connectivity index (χ2n) is 5.58. The molecule has 10 heteroatoms. The summed E-state index contributed by atoms with van der Waals surface area (Å²) in [5.74, 6) is -0.0702. The number of aromatic nitrogens is 1. The molecule has 0 saturated carbocycles. The molecule has 0 saturated heterocycles. The molecule has 2 heterocycles. The Morgan fingerprint density at radius 3 is 2.86 bits per heavy atom. The van der Waals surface area contributed by atoms with Gasteiger partial charge in [0.25, 0.3) is 5.91 Å². The molecule has 0 aliphatic rings. The second kappa shape index (κ2) is 8.62. The van der Waals surface area contributed by atoms with E-state index >= 15 is 0 Å². The zero-order valence-corrected chi connectivity index (χ0v) is 15.4. The molecule has 0 aliphatic heterocycles. The molecule has 3 rings (SSSR count). The number of carbonyl (C=O) groups excluding carboxylic acids is 1. The van der Waals surface area contributed by atoms with E-state index in [-0.39, 0.29) is 23.7 Å². The van der Waals surface area contributed by atoms with E-state index < -0.39 is 17.6 Å². The standard InChI is InChI=1S/C19H12F3N3O3S/c20-19(21,22)13-2-1-3-14(9-13)27-11-16-5-4-15(28-16)8-12(10-23)17(26)25-18-24-6-7-29-18/h1-9H,11H2,(H,24,25,26)/b12-8-. The van der Waals surface area contributed by atoms with Gasteiger partial charge in [-0.25, -0.2) is 4.98 Å². The van der Waals surface area contributed by atoms with Gasteiger partial charge in [0.2, 0.25) is 0 Å². The van der Waals surface area contributed by atoms with Crippen molar-refractivity contribution in [2.45, 2.75) is 12.8 Å². The Kier molecular flexibility index (Phi) is 5.99. The van der Waals surface area contributed by atoms with Crippen LogP contribution in [0.1, 0.15) is 17.1 Å². The number of nitriles is 1. The first-order valence-electron chi connectivity index (χ1n) is 8.06. The lowest BCUT2D eigenvalue weighted by Gasteiger charge is -2.09. The fourth-order valence-electron chi connectivity index (χ4n) is 2.21. The first kappa shape index (κ1) is 20.2. The maximum Gasteiger partial charge on any atom is 0.416 e. The normalized spacial score (nSPS) is 11.7. The fraction of sp³-hybridized carbons (Fsp3) is 0.105. The van der Waals surface area contributed by atoms with Crippen LogP contribution < -0.4 is 10.1 Å². The van der Waals surface area contributed by atoms with Crippen molar-refractivity contribution in [2.75, 3.05) is 5.32 Å². The highest BCUT2D eigenvalue weighted by Gasteiger charge is 2.30. The molecular formula is C19H12F3N3O3S. The number of hydrogen-bond acceptors (Lipinski definition) is 6. The maximum absolute atomic E-state index is 12.7. The van der Waals surface area contributed by atoms with Gasteiger partial charge < -0.3 is 9.15 Å². The third kappa shape index (κ3) is 5.46. The van der Waals surface area contributed by atoms with Crippen molar-refractivity contribution in [3.8, 4) is 11.8 Å². The number of thiazole rings is 1. The average Bonchev–Trinajstić information content (AvgIpc) is 3.36. The first-order chi connectivity index (χ1) is 13.8. The van der Waals surface area contributed by atoms with Gasteiger partial charge in [0.1, 0.15) is 35.5 Å². The highest BCUT2D eigenvalue weighted by molar-refractivity contribution is 7.13. The van der Waals surface area contributed by atoms with Crippen molar-refractivity contribution in [3.63, 3.8) is 0 Å². The largest absolute Gasteiger partial charge is 0.486 e. The zero-order valence-electron chi connectivity index (χ0n) is 14.6. The van der Waals surface area contributed by atoms with Gasteiger partial charge in [-0.3, -0.25) is 10.1 Å². The Balaban J connectivity index is 1.65. The molecule has 0 radical (unpaired) electrons. The number of alkyl halides is 3. The summed E-state index contributed by atoms with van der Waals surface area (Å²) in [5, 5.41) is 13.7. The van der Waals surface area contributed by atoms with Gasteiger partial charge in [-0.1, -0.05) is 6.07 Å². The molecule has 0 atom stereocenters. The molecule has 2 aromatic heterocycles. The van der Waals surface area contributed by atoms with E-state index in [1.165, 1.54) is 47.9 Å².